The smallest absolute Gasteiger partial charge is 0.265 e. The van der Waals surface area contributed by atoms with Crippen LogP contribution in [0.5, 0.6) is 0 Å². The first-order valence-electron chi connectivity index (χ1n) is 5.85. The van der Waals surface area contributed by atoms with Crippen LogP contribution in [-0.2, 0) is 10.0 Å². The van der Waals surface area contributed by atoms with E-state index in [2.05, 4.69) is 4.98 Å². The zero-order valence-corrected chi connectivity index (χ0v) is 11.9. The molecular formula is C14H10N4O2S. The first-order chi connectivity index (χ1) is 10.0. The normalized spacial score (nSPS) is 10.4. The van der Waals surface area contributed by atoms with E-state index in [0.29, 0.717) is 0 Å². The third kappa shape index (κ3) is 2.69. The summed E-state index contributed by atoms with van der Waals surface area (Å²) >= 11 is 0. The number of para-hydroxylation sites is 1. The lowest BCUT2D eigenvalue weighted by Crippen LogP contribution is -2.27. The van der Waals surface area contributed by atoms with Gasteiger partial charge in [-0.15, -0.1) is 0 Å². The van der Waals surface area contributed by atoms with Crippen LogP contribution in [0.3, 0.4) is 0 Å². The molecule has 21 heavy (non-hydrogen) atoms. The molecule has 0 saturated carbocycles. The molecule has 0 fully saturated rings. The number of nitriles is 2. The number of hydrogen-bond acceptors (Lipinski definition) is 5. The number of sulfonamides is 1. The largest absolute Gasteiger partial charge is 0.268 e. The fraction of sp³-hybridized carbons (Fsp3) is 0.0714. The van der Waals surface area contributed by atoms with Gasteiger partial charge in [-0.05, 0) is 24.3 Å². The van der Waals surface area contributed by atoms with Gasteiger partial charge in [-0.25, -0.2) is 13.4 Å². The topological polar surface area (TPSA) is 97.9 Å². The summed E-state index contributed by atoms with van der Waals surface area (Å²) in [6.45, 7) is 0. The fourth-order valence-corrected chi connectivity index (χ4v) is 2.89. The first kappa shape index (κ1) is 14.5. The highest BCUT2D eigenvalue weighted by Crippen LogP contribution is 2.24. The van der Waals surface area contributed by atoms with Crippen LogP contribution >= 0.6 is 0 Å². The second-order valence-electron chi connectivity index (χ2n) is 4.09. The molecule has 0 N–H and O–H groups in total. The van der Waals surface area contributed by atoms with Gasteiger partial charge >= 0.3 is 0 Å². The lowest BCUT2D eigenvalue weighted by molar-refractivity contribution is 0.594. The van der Waals surface area contributed by atoms with Crippen LogP contribution in [0, 0.1) is 22.7 Å². The van der Waals surface area contributed by atoms with Gasteiger partial charge in [0.2, 0.25) is 0 Å². The summed E-state index contributed by atoms with van der Waals surface area (Å²) in [5.41, 5.74) is 0.670. The van der Waals surface area contributed by atoms with Gasteiger partial charge in [0.05, 0.1) is 11.3 Å². The average molecular weight is 298 g/mol. The minimum absolute atomic E-state index is 0.0447. The molecule has 0 amide bonds. The van der Waals surface area contributed by atoms with Crippen molar-refractivity contribution in [3.63, 3.8) is 0 Å². The third-order valence-corrected chi connectivity index (χ3v) is 4.63. The van der Waals surface area contributed by atoms with Crippen molar-refractivity contribution < 1.29 is 8.42 Å². The van der Waals surface area contributed by atoms with Crippen LogP contribution in [0.25, 0.3) is 0 Å². The molecule has 0 bridgehead atoms. The summed E-state index contributed by atoms with van der Waals surface area (Å²) in [7, 11) is -2.47. The Bertz CT molecular complexity index is 846. The maximum atomic E-state index is 12.5. The Kier molecular flexibility index (Phi) is 3.88. The predicted molar refractivity (Wildman–Crippen MR) is 75.7 cm³/mol. The van der Waals surface area contributed by atoms with Crippen LogP contribution in [0.2, 0.25) is 0 Å². The van der Waals surface area contributed by atoms with Crippen LogP contribution < -0.4 is 4.31 Å². The van der Waals surface area contributed by atoms with Crippen molar-refractivity contribution in [2.75, 3.05) is 11.4 Å². The summed E-state index contributed by atoms with van der Waals surface area (Å²) in [5, 5.41) is 17.7. The average Bonchev–Trinajstić information content (AvgIpc) is 2.54. The Morgan fingerprint density at radius 3 is 2.38 bits per heavy atom. The number of anilines is 1. The van der Waals surface area contributed by atoms with E-state index in [-0.39, 0.29) is 21.8 Å². The highest BCUT2D eigenvalue weighted by molar-refractivity contribution is 7.92. The lowest BCUT2D eigenvalue weighted by atomic mass is 10.2. The Morgan fingerprint density at radius 1 is 1.10 bits per heavy atom. The minimum atomic E-state index is -3.84. The van der Waals surface area contributed by atoms with Crippen molar-refractivity contribution in [1.29, 1.82) is 10.5 Å². The molecule has 6 nitrogen and oxygen atoms in total. The van der Waals surface area contributed by atoms with E-state index in [1.54, 1.807) is 24.3 Å². The molecule has 0 aliphatic carbocycles. The molecule has 1 aromatic heterocycles. The van der Waals surface area contributed by atoms with Gasteiger partial charge in [-0.1, -0.05) is 12.1 Å². The van der Waals surface area contributed by atoms with Crippen molar-refractivity contribution in [2.24, 2.45) is 0 Å². The minimum Gasteiger partial charge on any atom is -0.268 e. The van der Waals surface area contributed by atoms with Gasteiger partial charge in [-0.3, -0.25) is 4.31 Å². The Labute approximate surface area is 122 Å². The molecule has 0 radical (unpaired) electrons. The van der Waals surface area contributed by atoms with Crippen LogP contribution in [-0.4, -0.2) is 20.4 Å². The number of rotatable bonds is 3. The highest BCUT2D eigenvalue weighted by Gasteiger charge is 2.23. The van der Waals surface area contributed by atoms with Gasteiger partial charge in [-0.2, -0.15) is 10.5 Å². The SMILES string of the molecule is CN(c1ccccc1C#N)S(=O)(=O)c1ccc(C#N)nc1. The molecule has 2 aromatic rings. The van der Waals surface area contributed by atoms with E-state index >= 15 is 0 Å². The zero-order valence-electron chi connectivity index (χ0n) is 11.1. The summed E-state index contributed by atoms with van der Waals surface area (Å²) in [5.74, 6) is 0. The number of pyridine rings is 1. The summed E-state index contributed by atoms with van der Waals surface area (Å²) in [6.07, 6.45) is 1.12. The Balaban J connectivity index is 2.48. The van der Waals surface area contributed by atoms with Crippen molar-refractivity contribution in [3.8, 4) is 12.1 Å². The maximum absolute atomic E-state index is 12.5. The Morgan fingerprint density at radius 2 is 1.81 bits per heavy atom. The van der Waals surface area contributed by atoms with Crippen LogP contribution in [0.15, 0.2) is 47.5 Å². The van der Waals surface area contributed by atoms with Gasteiger partial charge in [0.15, 0.2) is 0 Å². The summed E-state index contributed by atoms with van der Waals surface area (Å²) in [4.78, 5) is 3.71. The van der Waals surface area contributed by atoms with Crippen molar-refractivity contribution in [1.82, 2.24) is 4.98 Å². The lowest BCUT2D eigenvalue weighted by Gasteiger charge is -2.20. The quantitative estimate of drug-likeness (QED) is 0.858. The molecule has 0 aliphatic rings. The number of aromatic nitrogens is 1. The molecule has 1 aromatic carbocycles. The molecule has 0 aliphatic heterocycles. The van der Waals surface area contributed by atoms with Gasteiger partial charge in [0.25, 0.3) is 10.0 Å². The van der Waals surface area contributed by atoms with Gasteiger partial charge < -0.3 is 0 Å². The molecule has 7 heteroatoms. The van der Waals surface area contributed by atoms with E-state index in [4.69, 9.17) is 10.5 Å². The van der Waals surface area contributed by atoms with Gasteiger partial charge in [0.1, 0.15) is 22.7 Å². The number of benzene rings is 1. The number of nitrogens with zero attached hydrogens (tertiary/aromatic N) is 4. The van der Waals surface area contributed by atoms with Gasteiger partial charge in [0, 0.05) is 13.2 Å². The molecule has 1 heterocycles. The molecule has 2 rings (SSSR count). The molecule has 0 spiro atoms. The molecule has 0 unspecified atom stereocenters. The van der Waals surface area contributed by atoms with E-state index < -0.39 is 10.0 Å². The predicted octanol–water partition coefficient (Wildman–Crippen LogP) is 1.65. The first-order valence-corrected chi connectivity index (χ1v) is 7.29. The summed E-state index contributed by atoms with van der Waals surface area (Å²) in [6, 6.07) is 12.8. The second kappa shape index (κ2) is 5.61. The van der Waals surface area contributed by atoms with Crippen LogP contribution in [0.4, 0.5) is 5.69 Å². The highest BCUT2D eigenvalue weighted by atomic mass is 32.2. The monoisotopic (exact) mass is 298 g/mol. The van der Waals surface area contributed by atoms with Crippen molar-refractivity contribution in [2.45, 2.75) is 4.90 Å². The second-order valence-corrected chi connectivity index (χ2v) is 6.06. The summed E-state index contributed by atoms with van der Waals surface area (Å²) < 4.78 is 26.0. The zero-order chi connectivity index (χ0) is 15.5. The van der Waals surface area contributed by atoms with Crippen LogP contribution in [0.1, 0.15) is 11.3 Å². The van der Waals surface area contributed by atoms with Crippen molar-refractivity contribution in [3.05, 3.63) is 53.9 Å². The third-order valence-electron chi connectivity index (χ3n) is 2.87. The van der Waals surface area contributed by atoms with E-state index in [1.165, 1.54) is 19.2 Å². The van der Waals surface area contributed by atoms with Crippen molar-refractivity contribution >= 4 is 15.7 Å². The van der Waals surface area contributed by atoms with E-state index in [9.17, 15) is 8.42 Å². The van der Waals surface area contributed by atoms with E-state index in [0.717, 1.165) is 10.5 Å². The number of hydrogen-bond donors (Lipinski definition) is 0. The molecule has 0 saturated heterocycles. The van der Waals surface area contributed by atoms with E-state index in [1.807, 2.05) is 12.1 Å². The molecule has 104 valence electrons. The standard InChI is InChI=1S/C14H10N4O2S/c1-18(14-5-3-2-4-11(14)8-15)21(19,20)13-7-6-12(9-16)17-10-13/h2-7,10H,1H3. The maximum Gasteiger partial charge on any atom is 0.265 e. The fourth-order valence-electron chi connectivity index (χ4n) is 1.73. The molecular weight excluding hydrogens is 288 g/mol. The molecule has 0 atom stereocenters. The Hall–Kier alpha value is -2.90.